The van der Waals surface area contributed by atoms with E-state index in [1.165, 1.54) is 10.6 Å². The van der Waals surface area contributed by atoms with Gasteiger partial charge in [-0.3, -0.25) is 0 Å². The molecule has 5 nitrogen and oxygen atoms in total. The lowest BCUT2D eigenvalue weighted by Crippen LogP contribution is -2.35. The molecule has 30 heavy (non-hydrogen) atoms. The van der Waals surface area contributed by atoms with Crippen LogP contribution in [0.5, 0.6) is 0 Å². The quantitative estimate of drug-likeness (QED) is 0.674. The van der Waals surface area contributed by atoms with Gasteiger partial charge >= 0.3 is 0 Å². The Morgan fingerprint density at radius 2 is 1.87 bits per heavy atom. The summed E-state index contributed by atoms with van der Waals surface area (Å²) in [7, 11) is -3.19. The molecule has 0 fully saturated rings. The second-order valence-corrected chi connectivity index (χ2v) is 9.62. The standard InChI is InChI=1S/C24H23N3O2S/c1-17-13-18(15-25)9-10-22(17)19-5-3-7-21(14-19)26-24-8-4-6-20-16-27(30(2,28)29)12-11-23(20)24/h3-10,13-14,26H,11-12,16H2,1-2H3. The van der Waals surface area contributed by atoms with Crippen LogP contribution in [-0.2, 0) is 23.0 Å². The molecule has 0 saturated carbocycles. The molecule has 6 heteroatoms. The molecule has 0 radical (unpaired) electrons. The SMILES string of the molecule is Cc1cc(C#N)ccc1-c1cccc(Nc2cccc3c2CCN(S(C)(=O)=O)C3)c1. The van der Waals surface area contributed by atoms with Gasteiger partial charge in [0.1, 0.15) is 0 Å². The highest BCUT2D eigenvalue weighted by Gasteiger charge is 2.24. The smallest absolute Gasteiger partial charge is 0.211 e. The van der Waals surface area contributed by atoms with E-state index in [1.54, 1.807) is 0 Å². The first kappa shape index (κ1) is 20.1. The second kappa shape index (κ2) is 7.94. The molecule has 4 rings (SSSR count). The monoisotopic (exact) mass is 417 g/mol. The molecular formula is C24H23N3O2S. The Kier molecular flexibility index (Phi) is 5.33. The molecule has 1 N–H and O–H groups in total. The number of sulfonamides is 1. The fourth-order valence-corrected chi connectivity index (χ4v) is 4.76. The largest absolute Gasteiger partial charge is 0.355 e. The van der Waals surface area contributed by atoms with Crippen molar-refractivity contribution < 1.29 is 8.42 Å². The maximum absolute atomic E-state index is 11.9. The lowest BCUT2D eigenvalue weighted by Gasteiger charge is -2.28. The molecule has 0 spiro atoms. The molecular weight excluding hydrogens is 394 g/mol. The number of nitrogens with zero attached hydrogens (tertiary/aromatic N) is 2. The Morgan fingerprint density at radius 1 is 1.07 bits per heavy atom. The van der Waals surface area contributed by atoms with Crippen LogP contribution in [-0.4, -0.2) is 25.5 Å². The molecule has 0 unspecified atom stereocenters. The van der Waals surface area contributed by atoms with Crippen LogP contribution in [0.25, 0.3) is 11.1 Å². The minimum Gasteiger partial charge on any atom is -0.355 e. The van der Waals surface area contributed by atoms with Gasteiger partial charge in [0.2, 0.25) is 10.0 Å². The number of aryl methyl sites for hydroxylation is 1. The zero-order valence-corrected chi connectivity index (χ0v) is 17.8. The van der Waals surface area contributed by atoms with Crippen molar-refractivity contribution in [2.24, 2.45) is 0 Å². The number of benzene rings is 3. The fraction of sp³-hybridized carbons (Fsp3) is 0.208. The molecule has 0 aliphatic carbocycles. The first-order valence-electron chi connectivity index (χ1n) is 9.79. The number of anilines is 2. The normalized spacial score (nSPS) is 14.0. The molecule has 1 aliphatic heterocycles. The van der Waals surface area contributed by atoms with E-state index in [-0.39, 0.29) is 0 Å². The Morgan fingerprint density at radius 3 is 2.60 bits per heavy atom. The van der Waals surface area contributed by atoms with E-state index < -0.39 is 10.0 Å². The summed E-state index contributed by atoms with van der Waals surface area (Å²) < 4.78 is 25.3. The summed E-state index contributed by atoms with van der Waals surface area (Å²) in [5.41, 5.74) is 8.07. The lowest BCUT2D eigenvalue weighted by molar-refractivity contribution is 0.395. The van der Waals surface area contributed by atoms with Gasteiger partial charge in [-0.15, -0.1) is 0 Å². The van der Waals surface area contributed by atoms with E-state index in [9.17, 15) is 8.42 Å². The summed E-state index contributed by atoms with van der Waals surface area (Å²) in [5, 5.41) is 12.6. The van der Waals surface area contributed by atoms with Crippen LogP contribution in [0.3, 0.4) is 0 Å². The molecule has 0 atom stereocenters. The molecule has 1 aliphatic rings. The number of fused-ring (bicyclic) bond motifs is 1. The third-order valence-electron chi connectivity index (χ3n) is 5.51. The molecule has 3 aromatic carbocycles. The van der Waals surface area contributed by atoms with E-state index in [1.807, 2.05) is 55.5 Å². The summed E-state index contributed by atoms with van der Waals surface area (Å²) in [4.78, 5) is 0. The van der Waals surface area contributed by atoms with E-state index in [0.29, 0.717) is 25.1 Å². The minimum atomic E-state index is -3.19. The fourth-order valence-electron chi connectivity index (χ4n) is 3.96. The molecule has 0 bridgehead atoms. The van der Waals surface area contributed by atoms with Crippen molar-refractivity contribution in [1.29, 1.82) is 5.26 Å². The van der Waals surface area contributed by atoms with E-state index in [0.717, 1.165) is 39.2 Å². The van der Waals surface area contributed by atoms with Gasteiger partial charge in [0.05, 0.1) is 17.9 Å². The molecule has 0 saturated heterocycles. The number of hydrogen-bond acceptors (Lipinski definition) is 4. The van der Waals surface area contributed by atoms with Crippen molar-refractivity contribution in [3.8, 4) is 17.2 Å². The lowest BCUT2D eigenvalue weighted by atomic mass is 9.97. The van der Waals surface area contributed by atoms with Gasteiger partial charge in [-0.2, -0.15) is 9.57 Å². The molecule has 152 valence electrons. The van der Waals surface area contributed by atoms with Gasteiger partial charge in [-0.1, -0.05) is 30.3 Å². The van der Waals surface area contributed by atoms with Gasteiger partial charge in [-0.05, 0) is 71.5 Å². The van der Waals surface area contributed by atoms with Crippen molar-refractivity contribution in [1.82, 2.24) is 4.31 Å². The number of nitriles is 1. The van der Waals surface area contributed by atoms with Crippen LogP contribution < -0.4 is 5.32 Å². The predicted molar refractivity (Wildman–Crippen MR) is 120 cm³/mol. The molecule has 1 heterocycles. The average Bonchev–Trinajstić information content (AvgIpc) is 2.73. The van der Waals surface area contributed by atoms with Crippen LogP contribution in [0.4, 0.5) is 11.4 Å². The number of rotatable bonds is 4. The average molecular weight is 418 g/mol. The molecule has 3 aromatic rings. The van der Waals surface area contributed by atoms with Gasteiger partial charge in [0.15, 0.2) is 0 Å². The molecule has 0 aromatic heterocycles. The zero-order valence-electron chi connectivity index (χ0n) is 17.0. The van der Waals surface area contributed by atoms with Crippen LogP contribution in [0.2, 0.25) is 0 Å². The number of nitrogens with one attached hydrogen (secondary N) is 1. The van der Waals surface area contributed by atoms with Crippen molar-refractivity contribution >= 4 is 21.4 Å². The third-order valence-corrected chi connectivity index (χ3v) is 6.76. The predicted octanol–water partition coefficient (Wildman–Crippen LogP) is 4.60. The topological polar surface area (TPSA) is 73.2 Å². The second-order valence-electron chi connectivity index (χ2n) is 7.64. The maximum atomic E-state index is 11.9. The van der Waals surface area contributed by atoms with Crippen LogP contribution in [0.15, 0.2) is 60.7 Å². The van der Waals surface area contributed by atoms with Crippen molar-refractivity contribution in [3.63, 3.8) is 0 Å². The summed E-state index contributed by atoms with van der Waals surface area (Å²) in [6.45, 7) is 2.92. The summed E-state index contributed by atoms with van der Waals surface area (Å²) >= 11 is 0. The van der Waals surface area contributed by atoms with Crippen LogP contribution in [0, 0.1) is 18.3 Å². The summed E-state index contributed by atoms with van der Waals surface area (Å²) in [6.07, 6.45) is 1.94. The van der Waals surface area contributed by atoms with Crippen molar-refractivity contribution in [3.05, 3.63) is 82.9 Å². The van der Waals surface area contributed by atoms with Crippen LogP contribution in [0.1, 0.15) is 22.3 Å². The summed E-state index contributed by atoms with van der Waals surface area (Å²) in [5.74, 6) is 0. The zero-order chi connectivity index (χ0) is 21.3. The maximum Gasteiger partial charge on any atom is 0.211 e. The van der Waals surface area contributed by atoms with Gasteiger partial charge < -0.3 is 5.32 Å². The van der Waals surface area contributed by atoms with Gasteiger partial charge in [-0.25, -0.2) is 8.42 Å². The minimum absolute atomic E-state index is 0.411. The summed E-state index contributed by atoms with van der Waals surface area (Å²) in [6, 6.07) is 22.1. The van der Waals surface area contributed by atoms with Gasteiger partial charge in [0, 0.05) is 24.5 Å². The molecule has 0 amide bonds. The van der Waals surface area contributed by atoms with E-state index in [2.05, 4.69) is 23.5 Å². The Bertz CT molecular complexity index is 1260. The Labute approximate surface area is 177 Å². The first-order valence-corrected chi connectivity index (χ1v) is 11.6. The number of hydrogen-bond donors (Lipinski definition) is 1. The highest BCUT2D eigenvalue weighted by atomic mass is 32.2. The van der Waals surface area contributed by atoms with Crippen molar-refractivity contribution in [2.45, 2.75) is 19.9 Å². The first-order chi connectivity index (χ1) is 14.3. The Balaban J connectivity index is 1.63. The third kappa shape index (κ3) is 4.09. The highest BCUT2D eigenvalue weighted by Crippen LogP contribution is 2.32. The highest BCUT2D eigenvalue weighted by molar-refractivity contribution is 7.88. The van der Waals surface area contributed by atoms with Gasteiger partial charge in [0.25, 0.3) is 0 Å². The van der Waals surface area contributed by atoms with Crippen LogP contribution >= 0.6 is 0 Å². The van der Waals surface area contributed by atoms with E-state index in [4.69, 9.17) is 5.26 Å². The Hall–Kier alpha value is -3.14. The van der Waals surface area contributed by atoms with Crippen molar-refractivity contribution in [2.75, 3.05) is 18.1 Å². The van der Waals surface area contributed by atoms with E-state index >= 15 is 0 Å².